The van der Waals surface area contributed by atoms with Gasteiger partial charge in [-0.3, -0.25) is 4.79 Å². The molecule has 0 unspecified atom stereocenters. The minimum atomic E-state index is -1.22. The van der Waals surface area contributed by atoms with Gasteiger partial charge in [-0.1, -0.05) is 19.6 Å². The van der Waals surface area contributed by atoms with Crippen LogP contribution < -0.4 is 15.4 Å². The predicted molar refractivity (Wildman–Crippen MR) is 147 cm³/mol. The summed E-state index contributed by atoms with van der Waals surface area (Å²) in [5.41, 5.74) is 4.02. The number of carbonyl (C=O) groups is 1. The number of methoxy groups -OCH3 is 1. The van der Waals surface area contributed by atoms with Gasteiger partial charge in [0.1, 0.15) is 18.4 Å². The Morgan fingerprint density at radius 3 is 2.49 bits per heavy atom. The summed E-state index contributed by atoms with van der Waals surface area (Å²) < 4.78 is 13.1. The predicted octanol–water partition coefficient (Wildman–Crippen LogP) is 4.62. The summed E-state index contributed by atoms with van der Waals surface area (Å²) in [5, 5.41) is 6.78. The van der Waals surface area contributed by atoms with E-state index in [4.69, 9.17) is 9.47 Å². The minimum Gasteiger partial charge on any atom is -0.480 e. The molecule has 0 aliphatic rings. The van der Waals surface area contributed by atoms with Gasteiger partial charge in [0.15, 0.2) is 5.69 Å². The van der Waals surface area contributed by atoms with E-state index in [1.165, 1.54) is 0 Å². The van der Waals surface area contributed by atoms with Gasteiger partial charge >= 0.3 is 0 Å². The van der Waals surface area contributed by atoms with Gasteiger partial charge in [-0.15, -0.1) is 0 Å². The number of amides is 1. The molecule has 10 nitrogen and oxygen atoms in total. The Balaban J connectivity index is 1.68. The molecule has 4 aromatic heterocycles. The quantitative estimate of drug-likeness (QED) is 0.230. The lowest BCUT2D eigenvalue weighted by Crippen LogP contribution is -2.22. The molecule has 4 aromatic rings. The molecule has 0 aliphatic carbocycles. The number of nitrogens with one attached hydrogen (secondary N) is 2. The Kier molecular flexibility index (Phi) is 7.84. The number of carbonyl (C=O) groups excluding carboxylic acids is 1. The number of aryl methyl sites for hydroxylation is 1. The summed E-state index contributed by atoms with van der Waals surface area (Å²) in [5.74, 6) is 1.41. The average Bonchev–Trinajstić information content (AvgIpc) is 3.24. The minimum absolute atomic E-state index is 0.242. The fraction of sp³-hybridized carbons (Fsp3) is 0.346. The maximum atomic E-state index is 12.7. The monoisotopic (exact) mass is 519 g/mol. The zero-order valence-electron chi connectivity index (χ0n) is 22.1. The Morgan fingerprint density at radius 2 is 1.84 bits per heavy atom. The molecule has 4 heterocycles. The highest BCUT2D eigenvalue weighted by Crippen LogP contribution is 2.34. The number of hydrogen-bond acceptors (Lipinski definition) is 8. The molecule has 2 N–H and O–H groups in total. The molecule has 0 saturated carbocycles. The van der Waals surface area contributed by atoms with E-state index in [0.717, 1.165) is 33.6 Å². The van der Waals surface area contributed by atoms with Gasteiger partial charge < -0.3 is 24.7 Å². The number of hydrogen-bond donors (Lipinski definition) is 2. The fourth-order valence-electron chi connectivity index (χ4n) is 3.92. The molecule has 0 aliphatic heterocycles. The molecule has 0 radical (unpaired) electrons. The highest BCUT2D eigenvalue weighted by atomic mass is 28.3. The number of fused-ring (bicyclic) bond motifs is 1. The normalized spacial score (nSPS) is 11.5. The SMILES string of the molecule is CNC(=O)c1nccc2c(-c3cnc(Nc4cnc(OC)cn4)cc3C)cn(COCC[Si](C)(C)C)c12. The number of nitrogens with zero attached hydrogens (tertiary/aromatic N) is 5. The first-order valence-electron chi connectivity index (χ1n) is 12.1. The standard InChI is InChI=1S/C26H33N7O3Si/c1-17-11-21(32-22-13-31-23(35-3)14-30-22)29-12-19(17)20-15-33(16-36-9-10-37(4,5)6)25-18(20)7-8-28-24(25)26(34)27-2/h7-8,11-15H,9-10,16H2,1-6H3,(H,27,34)(H,29,30,32). The molecule has 37 heavy (non-hydrogen) atoms. The van der Waals surface area contributed by atoms with Crippen LogP contribution in [0, 0.1) is 6.92 Å². The molecule has 0 saturated heterocycles. The third-order valence-electron chi connectivity index (χ3n) is 5.95. The van der Waals surface area contributed by atoms with Gasteiger partial charge in [-0.25, -0.2) is 19.9 Å². The van der Waals surface area contributed by atoms with Crippen LogP contribution in [-0.2, 0) is 11.5 Å². The summed E-state index contributed by atoms with van der Waals surface area (Å²) in [6.45, 7) is 10.00. The number of pyridine rings is 2. The number of anilines is 2. The molecule has 0 atom stereocenters. The molecule has 4 rings (SSSR count). The third-order valence-corrected chi connectivity index (χ3v) is 7.65. The molecule has 0 fully saturated rings. The highest BCUT2D eigenvalue weighted by Gasteiger charge is 2.20. The second kappa shape index (κ2) is 11.1. The molecule has 1 amide bonds. The zero-order chi connectivity index (χ0) is 26.6. The van der Waals surface area contributed by atoms with Crippen LogP contribution in [0.4, 0.5) is 11.6 Å². The first kappa shape index (κ1) is 26.2. The summed E-state index contributed by atoms with van der Waals surface area (Å²) in [6, 6.07) is 4.94. The van der Waals surface area contributed by atoms with Gasteiger partial charge in [0.05, 0.1) is 25.0 Å². The van der Waals surface area contributed by atoms with E-state index in [0.29, 0.717) is 36.5 Å². The molecule has 194 valence electrons. The van der Waals surface area contributed by atoms with Crippen molar-refractivity contribution < 1.29 is 14.3 Å². The topological polar surface area (TPSA) is 116 Å². The van der Waals surface area contributed by atoms with Crippen LogP contribution in [0.1, 0.15) is 16.1 Å². The van der Waals surface area contributed by atoms with Crippen LogP contribution in [0.2, 0.25) is 25.7 Å². The summed E-state index contributed by atoms with van der Waals surface area (Å²) >= 11 is 0. The summed E-state index contributed by atoms with van der Waals surface area (Å²) in [7, 11) is 1.94. The third kappa shape index (κ3) is 6.12. The van der Waals surface area contributed by atoms with Gasteiger partial charge in [0.25, 0.3) is 5.91 Å². The second-order valence-electron chi connectivity index (χ2n) is 9.95. The lowest BCUT2D eigenvalue weighted by molar-refractivity contribution is 0.0895. The van der Waals surface area contributed by atoms with Crippen molar-refractivity contribution >= 4 is 36.5 Å². The van der Waals surface area contributed by atoms with Gasteiger partial charge in [-0.2, -0.15) is 0 Å². The fourth-order valence-corrected chi connectivity index (χ4v) is 4.67. The number of aromatic nitrogens is 5. The molecular weight excluding hydrogens is 486 g/mol. The van der Waals surface area contributed by atoms with Gasteiger partial charge in [0, 0.05) is 56.8 Å². The maximum absolute atomic E-state index is 12.7. The lowest BCUT2D eigenvalue weighted by Gasteiger charge is -2.16. The van der Waals surface area contributed by atoms with E-state index >= 15 is 0 Å². The van der Waals surface area contributed by atoms with Gasteiger partial charge in [0.2, 0.25) is 5.88 Å². The van der Waals surface area contributed by atoms with Crippen molar-refractivity contribution in [2.75, 3.05) is 26.1 Å². The maximum Gasteiger partial charge on any atom is 0.271 e. The van der Waals surface area contributed by atoms with Crippen LogP contribution in [-0.4, -0.2) is 59.2 Å². The highest BCUT2D eigenvalue weighted by molar-refractivity contribution is 6.76. The van der Waals surface area contributed by atoms with Crippen LogP contribution >= 0.6 is 0 Å². The van der Waals surface area contributed by atoms with Crippen molar-refractivity contribution in [3.63, 3.8) is 0 Å². The van der Waals surface area contributed by atoms with Crippen molar-refractivity contribution in [3.05, 3.63) is 54.4 Å². The molecule has 11 heteroatoms. The molecule has 0 spiro atoms. The van der Waals surface area contributed by atoms with Crippen LogP contribution in [0.3, 0.4) is 0 Å². The van der Waals surface area contributed by atoms with Crippen molar-refractivity contribution in [2.45, 2.75) is 39.3 Å². The lowest BCUT2D eigenvalue weighted by atomic mass is 10.0. The zero-order valence-corrected chi connectivity index (χ0v) is 23.1. The Morgan fingerprint density at radius 1 is 1.05 bits per heavy atom. The van der Waals surface area contributed by atoms with Crippen LogP contribution in [0.15, 0.2) is 43.1 Å². The van der Waals surface area contributed by atoms with Crippen molar-refractivity contribution in [2.24, 2.45) is 0 Å². The van der Waals surface area contributed by atoms with Crippen molar-refractivity contribution in [1.82, 2.24) is 29.8 Å². The van der Waals surface area contributed by atoms with E-state index < -0.39 is 8.07 Å². The Bertz CT molecular complexity index is 1400. The number of rotatable bonds is 10. The van der Waals surface area contributed by atoms with Crippen LogP contribution in [0.5, 0.6) is 5.88 Å². The van der Waals surface area contributed by atoms with E-state index in [2.05, 4.69) is 50.2 Å². The summed E-state index contributed by atoms with van der Waals surface area (Å²) in [4.78, 5) is 30.1. The van der Waals surface area contributed by atoms with E-state index in [1.54, 1.807) is 32.7 Å². The molecule has 0 bridgehead atoms. The second-order valence-corrected chi connectivity index (χ2v) is 15.6. The first-order valence-corrected chi connectivity index (χ1v) is 15.8. The summed E-state index contributed by atoms with van der Waals surface area (Å²) in [6.07, 6.45) is 8.63. The largest absolute Gasteiger partial charge is 0.480 e. The first-order chi connectivity index (χ1) is 17.7. The Hall–Kier alpha value is -3.83. The van der Waals surface area contributed by atoms with E-state index in [1.807, 2.05) is 36.0 Å². The number of ether oxygens (including phenoxy) is 2. The average molecular weight is 520 g/mol. The Labute approximate surface area is 217 Å². The van der Waals surface area contributed by atoms with E-state index in [-0.39, 0.29) is 5.91 Å². The smallest absolute Gasteiger partial charge is 0.271 e. The molecular formula is C26H33N7O3Si. The van der Waals surface area contributed by atoms with Gasteiger partial charge in [-0.05, 0) is 30.7 Å². The van der Waals surface area contributed by atoms with Crippen LogP contribution in [0.25, 0.3) is 22.0 Å². The van der Waals surface area contributed by atoms with E-state index in [9.17, 15) is 4.79 Å². The van der Waals surface area contributed by atoms with Crippen molar-refractivity contribution in [3.8, 4) is 17.0 Å². The molecule has 0 aromatic carbocycles. The van der Waals surface area contributed by atoms with Crippen molar-refractivity contribution in [1.29, 1.82) is 0 Å².